The average molecular weight is 408 g/mol. The highest BCUT2D eigenvalue weighted by atomic mass is 32.2. The lowest BCUT2D eigenvalue weighted by Crippen LogP contribution is -2.43. The number of amides is 1. The SMILES string of the molecule is Cc1ccc(-n2c(SCC(=O)N3CCCC[C@H]3C)nc3ccccc3c2=O)cc1. The summed E-state index contributed by atoms with van der Waals surface area (Å²) in [7, 11) is 0. The van der Waals surface area contributed by atoms with Crippen LogP contribution in [0.1, 0.15) is 31.7 Å². The zero-order valence-electron chi connectivity index (χ0n) is 16.8. The first-order chi connectivity index (χ1) is 14.0. The van der Waals surface area contributed by atoms with Gasteiger partial charge in [0.2, 0.25) is 5.91 Å². The maximum atomic E-state index is 13.2. The third kappa shape index (κ3) is 4.08. The van der Waals surface area contributed by atoms with Gasteiger partial charge in [-0.2, -0.15) is 0 Å². The second kappa shape index (κ2) is 8.41. The van der Waals surface area contributed by atoms with E-state index < -0.39 is 0 Å². The summed E-state index contributed by atoms with van der Waals surface area (Å²) in [6, 6.07) is 15.4. The van der Waals surface area contributed by atoms with Crippen LogP contribution in [0.2, 0.25) is 0 Å². The number of piperidine rings is 1. The fourth-order valence-corrected chi connectivity index (χ4v) is 4.71. The Hall–Kier alpha value is -2.60. The third-order valence-corrected chi connectivity index (χ3v) is 6.41. The van der Waals surface area contributed by atoms with E-state index in [0.717, 1.165) is 30.6 Å². The molecule has 0 saturated carbocycles. The van der Waals surface area contributed by atoms with Crippen molar-refractivity contribution in [2.45, 2.75) is 44.3 Å². The topological polar surface area (TPSA) is 55.2 Å². The van der Waals surface area contributed by atoms with Gasteiger partial charge in [0.05, 0.1) is 22.3 Å². The Kier molecular flexibility index (Phi) is 5.72. The van der Waals surface area contributed by atoms with Crippen molar-refractivity contribution in [3.63, 3.8) is 0 Å². The molecule has 0 aliphatic carbocycles. The van der Waals surface area contributed by atoms with Crippen LogP contribution in [-0.4, -0.2) is 38.7 Å². The van der Waals surface area contributed by atoms with Crippen LogP contribution in [0.3, 0.4) is 0 Å². The van der Waals surface area contributed by atoms with Gasteiger partial charge in [0.25, 0.3) is 5.56 Å². The van der Waals surface area contributed by atoms with Crippen LogP contribution in [0.25, 0.3) is 16.6 Å². The minimum Gasteiger partial charge on any atom is -0.339 e. The van der Waals surface area contributed by atoms with Crippen molar-refractivity contribution in [2.24, 2.45) is 0 Å². The van der Waals surface area contributed by atoms with Gasteiger partial charge in [-0.15, -0.1) is 0 Å². The minimum absolute atomic E-state index is 0.110. The number of fused-ring (bicyclic) bond motifs is 1. The van der Waals surface area contributed by atoms with Crippen LogP contribution < -0.4 is 5.56 Å². The molecular formula is C23H25N3O2S. The van der Waals surface area contributed by atoms with E-state index in [4.69, 9.17) is 4.98 Å². The van der Waals surface area contributed by atoms with Gasteiger partial charge in [0, 0.05) is 12.6 Å². The summed E-state index contributed by atoms with van der Waals surface area (Å²) in [6.07, 6.45) is 3.29. The quantitative estimate of drug-likeness (QED) is 0.481. The molecule has 0 N–H and O–H groups in total. The largest absolute Gasteiger partial charge is 0.339 e. The summed E-state index contributed by atoms with van der Waals surface area (Å²) in [6.45, 7) is 4.94. The Balaban J connectivity index is 1.70. The van der Waals surface area contributed by atoms with Gasteiger partial charge in [-0.1, -0.05) is 41.6 Å². The molecular weight excluding hydrogens is 382 g/mol. The Bertz CT molecular complexity index is 1090. The standard InChI is InChI=1S/C23H25N3O2S/c1-16-10-12-18(13-11-16)26-22(28)19-8-3-4-9-20(19)24-23(26)29-15-21(27)25-14-6-5-7-17(25)2/h3-4,8-13,17H,5-7,14-15H2,1-2H3/t17-/m1/s1. The maximum absolute atomic E-state index is 13.2. The molecule has 2 aromatic carbocycles. The molecule has 1 amide bonds. The number of carbonyl (C=O) groups excluding carboxylic acids is 1. The summed E-state index contributed by atoms with van der Waals surface area (Å²) < 4.78 is 1.62. The molecule has 5 nitrogen and oxygen atoms in total. The van der Waals surface area contributed by atoms with Crippen molar-refractivity contribution in [1.82, 2.24) is 14.5 Å². The maximum Gasteiger partial charge on any atom is 0.266 e. The molecule has 6 heteroatoms. The molecule has 3 aromatic rings. The van der Waals surface area contributed by atoms with Crippen LogP contribution in [0.15, 0.2) is 58.5 Å². The van der Waals surface area contributed by atoms with Crippen molar-refractivity contribution in [2.75, 3.05) is 12.3 Å². The van der Waals surface area contributed by atoms with E-state index in [9.17, 15) is 9.59 Å². The fourth-order valence-electron chi connectivity index (χ4n) is 3.81. The number of aromatic nitrogens is 2. The van der Waals surface area contributed by atoms with Crippen molar-refractivity contribution < 1.29 is 4.79 Å². The number of carbonyl (C=O) groups is 1. The second-order valence-corrected chi connectivity index (χ2v) is 8.55. The molecule has 2 heterocycles. The molecule has 29 heavy (non-hydrogen) atoms. The van der Waals surface area contributed by atoms with E-state index in [1.807, 2.05) is 54.3 Å². The molecule has 4 rings (SSSR count). The highest BCUT2D eigenvalue weighted by molar-refractivity contribution is 7.99. The Morgan fingerprint density at radius 3 is 2.66 bits per heavy atom. The number of rotatable bonds is 4. The summed E-state index contributed by atoms with van der Waals surface area (Å²) in [5, 5.41) is 1.13. The minimum atomic E-state index is -0.110. The van der Waals surface area contributed by atoms with Crippen molar-refractivity contribution >= 4 is 28.6 Å². The summed E-state index contributed by atoms with van der Waals surface area (Å²) in [5.74, 6) is 0.390. The van der Waals surface area contributed by atoms with E-state index in [-0.39, 0.29) is 23.3 Å². The van der Waals surface area contributed by atoms with E-state index in [2.05, 4.69) is 6.92 Å². The van der Waals surface area contributed by atoms with Gasteiger partial charge >= 0.3 is 0 Å². The van der Waals surface area contributed by atoms with Gasteiger partial charge < -0.3 is 4.90 Å². The average Bonchev–Trinajstić information content (AvgIpc) is 2.73. The molecule has 1 aliphatic heterocycles. The molecule has 1 fully saturated rings. The molecule has 1 aromatic heterocycles. The van der Waals surface area contributed by atoms with Gasteiger partial charge in [0.1, 0.15) is 0 Å². The van der Waals surface area contributed by atoms with E-state index in [1.165, 1.54) is 18.2 Å². The highest BCUT2D eigenvalue weighted by Gasteiger charge is 2.24. The molecule has 150 valence electrons. The Morgan fingerprint density at radius 2 is 1.90 bits per heavy atom. The van der Waals surface area contributed by atoms with Crippen LogP contribution >= 0.6 is 11.8 Å². The molecule has 0 unspecified atom stereocenters. The molecule has 0 spiro atoms. The Morgan fingerprint density at radius 1 is 1.14 bits per heavy atom. The first kappa shape index (κ1) is 19.7. The highest BCUT2D eigenvalue weighted by Crippen LogP contribution is 2.24. The van der Waals surface area contributed by atoms with Gasteiger partial charge in [-0.25, -0.2) is 4.98 Å². The molecule has 0 radical (unpaired) electrons. The molecule has 1 atom stereocenters. The first-order valence-corrected chi connectivity index (χ1v) is 11.0. The second-order valence-electron chi connectivity index (χ2n) is 7.61. The number of nitrogens with zero attached hydrogens (tertiary/aromatic N) is 3. The predicted molar refractivity (Wildman–Crippen MR) is 118 cm³/mol. The number of aryl methyl sites for hydroxylation is 1. The van der Waals surface area contributed by atoms with E-state index in [1.54, 1.807) is 10.6 Å². The van der Waals surface area contributed by atoms with Crippen molar-refractivity contribution in [1.29, 1.82) is 0 Å². The monoisotopic (exact) mass is 407 g/mol. The third-order valence-electron chi connectivity index (χ3n) is 5.49. The van der Waals surface area contributed by atoms with Crippen LogP contribution in [0, 0.1) is 6.92 Å². The summed E-state index contributed by atoms with van der Waals surface area (Å²) in [4.78, 5) is 32.8. The smallest absolute Gasteiger partial charge is 0.266 e. The first-order valence-electron chi connectivity index (χ1n) is 10.1. The van der Waals surface area contributed by atoms with Crippen LogP contribution in [0.5, 0.6) is 0 Å². The summed E-state index contributed by atoms with van der Waals surface area (Å²) in [5.41, 5.74) is 2.43. The van der Waals surface area contributed by atoms with Gasteiger partial charge in [-0.05, 0) is 57.4 Å². The number of hydrogen-bond donors (Lipinski definition) is 0. The zero-order valence-corrected chi connectivity index (χ0v) is 17.6. The fraction of sp³-hybridized carbons (Fsp3) is 0.348. The molecule has 1 aliphatic rings. The summed E-state index contributed by atoms with van der Waals surface area (Å²) >= 11 is 1.34. The van der Waals surface area contributed by atoms with E-state index in [0.29, 0.717) is 16.1 Å². The Labute approximate surface area is 174 Å². The van der Waals surface area contributed by atoms with Crippen LogP contribution in [-0.2, 0) is 4.79 Å². The lowest BCUT2D eigenvalue weighted by atomic mass is 10.0. The number of benzene rings is 2. The zero-order chi connectivity index (χ0) is 20.4. The van der Waals surface area contributed by atoms with Crippen LogP contribution in [0.4, 0.5) is 0 Å². The van der Waals surface area contributed by atoms with Crippen molar-refractivity contribution in [3.05, 3.63) is 64.4 Å². The van der Waals surface area contributed by atoms with Gasteiger partial charge in [-0.3, -0.25) is 14.2 Å². The lowest BCUT2D eigenvalue weighted by molar-refractivity contribution is -0.131. The lowest BCUT2D eigenvalue weighted by Gasteiger charge is -2.33. The number of hydrogen-bond acceptors (Lipinski definition) is 4. The molecule has 0 bridgehead atoms. The number of para-hydroxylation sites is 1. The van der Waals surface area contributed by atoms with Crippen molar-refractivity contribution in [3.8, 4) is 5.69 Å². The normalized spacial score (nSPS) is 16.9. The predicted octanol–water partition coefficient (Wildman–Crippen LogP) is 4.19. The van der Waals surface area contributed by atoms with Gasteiger partial charge in [0.15, 0.2) is 5.16 Å². The number of likely N-dealkylation sites (tertiary alicyclic amines) is 1. The molecule has 1 saturated heterocycles. The number of thioether (sulfide) groups is 1. The van der Waals surface area contributed by atoms with E-state index >= 15 is 0 Å².